The Morgan fingerprint density at radius 2 is 1.31 bits per heavy atom. The number of ether oxygens (including phenoxy) is 1. The van der Waals surface area contributed by atoms with Gasteiger partial charge in [0.05, 0.1) is 5.60 Å². The van der Waals surface area contributed by atoms with E-state index < -0.39 is 29.6 Å². The molecular weight excluding hydrogens is 498 g/mol. The fraction of sp³-hybridized carbons (Fsp3) is 0.862. The van der Waals surface area contributed by atoms with Crippen molar-refractivity contribution in [3.8, 4) is 0 Å². The lowest BCUT2D eigenvalue weighted by atomic mass is 9.99. The molecule has 4 amide bonds. The maximum absolute atomic E-state index is 13.7. The summed E-state index contributed by atoms with van der Waals surface area (Å²) in [6.45, 7) is 14.7. The van der Waals surface area contributed by atoms with Crippen molar-refractivity contribution in [1.29, 1.82) is 0 Å². The molecule has 0 aliphatic carbocycles. The highest BCUT2D eigenvalue weighted by Crippen LogP contribution is 2.29. The van der Waals surface area contributed by atoms with E-state index in [1.54, 1.807) is 14.7 Å². The van der Waals surface area contributed by atoms with Crippen molar-refractivity contribution < 1.29 is 23.9 Å². The van der Waals surface area contributed by atoms with Gasteiger partial charge in [0.2, 0.25) is 23.6 Å². The summed E-state index contributed by atoms with van der Waals surface area (Å²) >= 11 is 0. The molecule has 3 N–H and O–H groups in total. The Kier molecular flexibility index (Phi) is 10.4. The Morgan fingerprint density at radius 3 is 1.85 bits per heavy atom. The van der Waals surface area contributed by atoms with Gasteiger partial charge in [-0.3, -0.25) is 19.2 Å². The van der Waals surface area contributed by atoms with Crippen LogP contribution in [0.2, 0.25) is 0 Å². The first-order valence-corrected chi connectivity index (χ1v) is 14.8. The Hall–Kier alpha value is -2.20. The Balaban J connectivity index is 1.54. The molecule has 10 heteroatoms. The third-order valence-corrected chi connectivity index (χ3v) is 8.38. The molecule has 0 aromatic rings. The van der Waals surface area contributed by atoms with Crippen LogP contribution >= 0.6 is 0 Å². The van der Waals surface area contributed by atoms with Crippen molar-refractivity contribution in [1.82, 2.24) is 20.0 Å². The fourth-order valence-corrected chi connectivity index (χ4v) is 6.38. The molecule has 0 spiro atoms. The highest BCUT2D eigenvalue weighted by Gasteiger charge is 2.45. The maximum Gasteiger partial charge on any atom is 0.246 e. The number of amides is 4. The van der Waals surface area contributed by atoms with Gasteiger partial charge in [-0.1, -0.05) is 13.8 Å². The van der Waals surface area contributed by atoms with Crippen molar-refractivity contribution in [2.24, 2.45) is 5.73 Å². The summed E-state index contributed by atoms with van der Waals surface area (Å²) in [5.41, 5.74) is 5.03. The van der Waals surface area contributed by atoms with Gasteiger partial charge < -0.3 is 30.5 Å². The van der Waals surface area contributed by atoms with Gasteiger partial charge in [-0.25, -0.2) is 0 Å². The van der Waals surface area contributed by atoms with Crippen LogP contribution in [-0.2, 0) is 23.9 Å². The molecule has 3 rings (SSSR count). The van der Waals surface area contributed by atoms with Crippen LogP contribution in [0, 0.1) is 0 Å². The van der Waals surface area contributed by atoms with Gasteiger partial charge in [-0.15, -0.1) is 0 Å². The molecule has 3 fully saturated rings. The van der Waals surface area contributed by atoms with Crippen LogP contribution in [0.15, 0.2) is 0 Å². The second-order valence-electron chi connectivity index (χ2n) is 13.1. The highest BCUT2D eigenvalue weighted by molar-refractivity contribution is 5.95. The lowest BCUT2D eigenvalue weighted by molar-refractivity contribution is -0.150. The minimum absolute atomic E-state index is 0.0342. The van der Waals surface area contributed by atoms with E-state index >= 15 is 0 Å². The summed E-state index contributed by atoms with van der Waals surface area (Å²) in [6.07, 6.45) is 5.71. The first-order valence-electron chi connectivity index (χ1n) is 14.8. The predicted molar refractivity (Wildman–Crippen MR) is 150 cm³/mol. The van der Waals surface area contributed by atoms with Gasteiger partial charge in [0.25, 0.3) is 0 Å². The highest BCUT2D eigenvalue weighted by atomic mass is 16.5. The molecule has 39 heavy (non-hydrogen) atoms. The Bertz CT molecular complexity index is 904. The number of nitrogens with one attached hydrogen (secondary N) is 1. The Morgan fingerprint density at radius 1 is 0.821 bits per heavy atom. The molecule has 3 atom stereocenters. The van der Waals surface area contributed by atoms with Crippen LogP contribution in [0.25, 0.3) is 0 Å². The molecule has 0 bridgehead atoms. The second-order valence-corrected chi connectivity index (χ2v) is 13.1. The molecule has 3 aliphatic heterocycles. The molecule has 0 radical (unpaired) electrons. The molecule has 3 unspecified atom stereocenters. The van der Waals surface area contributed by atoms with Crippen LogP contribution in [-0.4, -0.2) is 99.9 Å². The van der Waals surface area contributed by atoms with Crippen LogP contribution in [0.5, 0.6) is 0 Å². The molecule has 3 aliphatic rings. The molecular formula is C29H51N5O5. The van der Waals surface area contributed by atoms with E-state index in [0.717, 1.165) is 25.7 Å². The lowest BCUT2D eigenvalue weighted by Gasteiger charge is -2.34. The maximum atomic E-state index is 13.7. The molecule has 0 aromatic heterocycles. The Labute approximate surface area is 234 Å². The number of nitrogens with zero attached hydrogens (tertiary/aromatic N) is 3. The number of hydrogen-bond donors (Lipinski definition) is 2. The van der Waals surface area contributed by atoms with Gasteiger partial charge in [-0.05, 0) is 79.1 Å². The van der Waals surface area contributed by atoms with Gasteiger partial charge in [-0.2, -0.15) is 0 Å². The largest absolute Gasteiger partial charge is 0.375 e. The van der Waals surface area contributed by atoms with Crippen LogP contribution in [0.4, 0.5) is 0 Å². The number of nitrogens with two attached hydrogens (primary N) is 1. The first kappa shape index (κ1) is 31.3. The average molecular weight is 550 g/mol. The molecule has 222 valence electrons. The van der Waals surface area contributed by atoms with Crippen LogP contribution in [0.3, 0.4) is 0 Å². The minimum Gasteiger partial charge on any atom is -0.375 e. The van der Waals surface area contributed by atoms with Crippen LogP contribution in [0.1, 0.15) is 99.3 Å². The van der Waals surface area contributed by atoms with Crippen LogP contribution < -0.4 is 11.1 Å². The third kappa shape index (κ3) is 8.16. The summed E-state index contributed by atoms with van der Waals surface area (Å²) < 4.78 is 6.17. The first-order chi connectivity index (χ1) is 18.2. The second kappa shape index (κ2) is 13.0. The van der Waals surface area contributed by atoms with Gasteiger partial charge in [0.1, 0.15) is 18.1 Å². The summed E-state index contributed by atoms with van der Waals surface area (Å²) in [5, 5.41) is 3.54. The van der Waals surface area contributed by atoms with Crippen molar-refractivity contribution >= 4 is 23.6 Å². The zero-order valence-electron chi connectivity index (χ0n) is 25.0. The van der Waals surface area contributed by atoms with Crippen molar-refractivity contribution in [2.75, 3.05) is 26.2 Å². The van der Waals surface area contributed by atoms with Gasteiger partial charge >= 0.3 is 0 Å². The molecule has 3 heterocycles. The lowest BCUT2D eigenvalue weighted by Crippen LogP contribution is -2.55. The number of rotatable bonds is 12. The van der Waals surface area contributed by atoms with Crippen molar-refractivity contribution in [2.45, 2.75) is 135 Å². The summed E-state index contributed by atoms with van der Waals surface area (Å²) in [6, 6.07) is -1.33. The zero-order valence-corrected chi connectivity index (χ0v) is 25.0. The van der Waals surface area contributed by atoms with Gasteiger partial charge in [0, 0.05) is 44.2 Å². The molecule has 0 saturated carbocycles. The van der Waals surface area contributed by atoms with E-state index in [1.165, 1.54) is 0 Å². The monoisotopic (exact) mass is 549 g/mol. The fourth-order valence-electron chi connectivity index (χ4n) is 6.38. The molecule has 10 nitrogen and oxygen atoms in total. The van der Waals surface area contributed by atoms with Crippen molar-refractivity contribution in [3.63, 3.8) is 0 Å². The van der Waals surface area contributed by atoms with E-state index in [2.05, 4.69) is 33.0 Å². The number of carbonyl (C=O) groups excluding carboxylic acids is 4. The van der Waals surface area contributed by atoms with E-state index in [0.29, 0.717) is 64.4 Å². The van der Waals surface area contributed by atoms with E-state index in [-0.39, 0.29) is 23.3 Å². The summed E-state index contributed by atoms with van der Waals surface area (Å²) in [7, 11) is 0. The quantitative estimate of drug-likeness (QED) is 0.384. The smallest absolute Gasteiger partial charge is 0.246 e. The average Bonchev–Trinajstić information content (AvgIpc) is 3.60. The number of carbonyl (C=O) groups is 4. The standard InChI is InChI=1S/C29H51N5O5/c1-20(2)31-28(3,4)15-19-39-29(5,6)14-13-24(35)32-16-8-11-22(32)26(37)34-18-9-12-23(34)27(38)33-17-7-10-21(33)25(30)36/h20-23,31H,7-19H2,1-6H3,(H2,30,36). The molecule has 0 aromatic carbocycles. The van der Waals surface area contributed by atoms with Gasteiger partial charge in [0.15, 0.2) is 0 Å². The normalized spacial score (nSPS) is 24.2. The van der Waals surface area contributed by atoms with E-state index in [1.807, 2.05) is 13.8 Å². The summed E-state index contributed by atoms with van der Waals surface area (Å²) in [4.78, 5) is 57.0. The number of likely N-dealkylation sites (tertiary alicyclic amines) is 3. The number of hydrogen-bond acceptors (Lipinski definition) is 6. The van der Waals surface area contributed by atoms with E-state index in [9.17, 15) is 19.2 Å². The predicted octanol–water partition coefficient (Wildman–Crippen LogP) is 2.19. The van der Waals surface area contributed by atoms with E-state index in [4.69, 9.17) is 10.5 Å². The third-order valence-electron chi connectivity index (χ3n) is 8.38. The zero-order chi connectivity index (χ0) is 29.0. The topological polar surface area (TPSA) is 125 Å². The minimum atomic E-state index is -0.595. The molecule has 3 saturated heterocycles. The van der Waals surface area contributed by atoms with Crippen molar-refractivity contribution in [3.05, 3.63) is 0 Å². The SMILES string of the molecule is CC(C)NC(C)(C)CCOC(C)(C)CCC(=O)N1CCCC1C(=O)N1CCCC1C(=O)N1CCCC1C(N)=O. The summed E-state index contributed by atoms with van der Waals surface area (Å²) in [5.74, 6) is -0.877. The number of primary amides is 1.